The highest BCUT2D eigenvalue weighted by atomic mass is 15.1. The van der Waals surface area contributed by atoms with Crippen LogP contribution in [-0.2, 0) is 31.1 Å². The Bertz CT molecular complexity index is 7240. The molecule has 504 valence electrons. The summed E-state index contributed by atoms with van der Waals surface area (Å²) in [5.74, 6) is 2.03. The van der Waals surface area contributed by atoms with Crippen molar-refractivity contribution >= 4 is 86.7 Å². The second-order valence-electron chi connectivity index (χ2n) is 29.9. The van der Waals surface area contributed by atoms with Crippen LogP contribution in [-0.4, -0.2) is 19.1 Å². The van der Waals surface area contributed by atoms with Gasteiger partial charge in [0.1, 0.15) is 11.6 Å². The number of para-hydroxylation sites is 4. The van der Waals surface area contributed by atoms with E-state index >= 15 is 0 Å². The first-order valence-corrected chi connectivity index (χ1v) is 38.1. The van der Waals surface area contributed by atoms with Gasteiger partial charge in [0.05, 0.1) is 27.5 Å². The minimum atomic E-state index is -0.646. The Balaban J connectivity index is 0.708. The summed E-state index contributed by atoms with van der Waals surface area (Å²) in [5, 5.41) is 15.1. The zero-order valence-electron chi connectivity index (χ0n) is 59.5. The van der Waals surface area contributed by atoms with E-state index in [-0.39, 0.29) is 0 Å². The molecule has 2 heterocycles. The van der Waals surface area contributed by atoms with Crippen LogP contribution in [0.5, 0.6) is 0 Å². The number of aryl methyl sites for hydroxylation is 1. The standard InChI is InChI=1S/C104H68N4/c1-2-97-105-93-49-21-23-51-95(93)107(97)69-31-26-30-66(59-69)87-62-92-101(83-45-15-11-39-77(83)87)102-84-54-53-63(55-88(84)78-40-12-16-46-85(78)103(102)104(92)90-47-19-17-41-79(90)80-42-18-20-48-91(80)104)56-98-106-94-50-22-24-52-96(94)108(98)70-32-25-29-65(58-70)86-61-68-57-64-27-3-5-33-71(64)72-34-6-4-28-67(72)60-89-75-37-8-7-35-73(75)74-36-9-14-44-82(74)100(89)99(68)81-43-13-10-38-76(81)86/h3-55,58-59,61-62H,2,56-57,60H2,1H3. The number of nitrogens with zero attached hydrogens (tertiary/aromatic N) is 4. The van der Waals surface area contributed by atoms with E-state index < -0.39 is 5.41 Å². The van der Waals surface area contributed by atoms with E-state index in [2.05, 4.69) is 362 Å². The summed E-state index contributed by atoms with van der Waals surface area (Å²) >= 11 is 0. The highest BCUT2D eigenvalue weighted by Crippen LogP contribution is 2.67. The van der Waals surface area contributed by atoms with Crippen molar-refractivity contribution in [1.82, 2.24) is 19.1 Å². The van der Waals surface area contributed by atoms with Crippen LogP contribution in [0.1, 0.15) is 68.6 Å². The van der Waals surface area contributed by atoms with Gasteiger partial charge in [-0.2, -0.15) is 0 Å². The summed E-state index contributed by atoms with van der Waals surface area (Å²) < 4.78 is 4.79. The summed E-state index contributed by atoms with van der Waals surface area (Å²) in [4.78, 5) is 10.8. The predicted molar refractivity (Wildman–Crippen MR) is 449 cm³/mol. The van der Waals surface area contributed by atoms with E-state index in [4.69, 9.17) is 9.97 Å². The molecule has 2 aromatic heterocycles. The Kier molecular flexibility index (Phi) is 13.2. The minimum Gasteiger partial charge on any atom is -0.296 e. The largest absolute Gasteiger partial charge is 0.296 e. The van der Waals surface area contributed by atoms with E-state index in [1.54, 1.807) is 0 Å². The fraction of sp³-hybridized carbons (Fsp3) is 0.0577. The van der Waals surface area contributed by atoms with Crippen molar-refractivity contribution in [3.63, 3.8) is 0 Å². The molecule has 23 rings (SSSR count). The average Bonchev–Trinajstić information content (AvgIpc) is 1.48. The normalized spacial score (nSPS) is 13.1. The number of imidazole rings is 2. The van der Waals surface area contributed by atoms with Crippen LogP contribution in [0.3, 0.4) is 0 Å². The summed E-state index contributed by atoms with van der Waals surface area (Å²) in [6.45, 7) is 2.20. The number of hydrogen-bond acceptors (Lipinski definition) is 2. The molecule has 4 heteroatoms. The topological polar surface area (TPSA) is 35.6 Å². The molecule has 108 heavy (non-hydrogen) atoms. The van der Waals surface area contributed by atoms with Crippen molar-refractivity contribution in [3.8, 4) is 78.1 Å². The van der Waals surface area contributed by atoms with Gasteiger partial charge in [-0.3, -0.25) is 9.13 Å². The van der Waals surface area contributed by atoms with Crippen LogP contribution in [0.15, 0.2) is 346 Å². The lowest BCUT2D eigenvalue weighted by Gasteiger charge is -2.32. The number of hydrogen-bond donors (Lipinski definition) is 0. The van der Waals surface area contributed by atoms with Crippen LogP contribution >= 0.6 is 0 Å². The Morgan fingerprint density at radius 1 is 0.287 bits per heavy atom. The zero-order chi connectivity index (χ0) is 70.9. The van der Waals surface area contributed by atoms with Crippen molar-refractivity contribution in [2.75, 3.05) is 0 Å². The van der Waals surface area contributed by atoms with Gasteiger partial charge in [-0.05, 0) is 255 Å². The number of fused-ring (bicyclic) bond motifs is 32. The van der Waals surface area contributed by atoms with Gasteiger partial charge in [0.2, 0.25) is 0 Å². The highest BCUT2D eigenvalue weighted by molar-refractivity contribution is 6.25. The molecule has 20 aromatic rings. The minimum absolute atomic E-state index is 0.605. The molecule has 0 radical (unpaired) electrons. The van der Waals surface area contributed by atoms with Gasteiger partial charge in [-0.25, -0.2) is 9.97 Å². The van der Waals surface area contributed by atoms with Crippen molar-refractivity contribution in [2.45, 2.75) is 38.0 Å². The maximum Gasteiger partial charge on any atom is 0.118 e. The third-order valence-corrected chi connectivity index (χ3v) is 24.4. The lowest BCUT2D eigenvalue weighted by molar-refractivity contribution is 0.803. The van der Waals surface area contributed by atoms with Crippen LogP contribution in [0, 0.1) is 0 Å². The molecular formula is C104H68N4. The van der Waals surface area contributed by atoms with Crippen LogP contribution in [0.2, 0.25) is 0 Å². The molecular weight excluding hydrogens is 1310 g/mol. The molecule has 0 N–H and O–H groups in total. The number of aromatic nitrogens is 4. The van der Waals surface area contributed by atoms with Gasteiger partial charge in [0.15, 0.2) is 0 Å². The SMILES string of the molecule is CCc1nc2ccccc2n1-c1cccc(-c2cc3c(c4ccccc24)-c2c(c4ccccc4c4cc(Cc5nc6ccccc6n5-c5cccc(-c6cc7c(c8ccccc68)-c6c(c8ccccc8c8ccccc68)Cc6ccccc6-c6ccccc6C7)c5)ccc24)C32c3ccccc3-c3ccccc32)c1. The van der Waals surface area contributed by atoms with Gasteiger partial charge in [-0.15, -0.1) is 0 Å². The quantitative estimate of drug-likeness (QED) is 0.149. The predicted octanol–water partition coefficient (Wildman–Crippen LogP) is 25.9. The third-order valence-electron chi connectivity index (χ3n) is 24.4. The van der Waals surface area contributed by atoms with Crippen LogP contribution in [0.25, 0.3) is 165 Å². The summed E-state index contributed by atoms with van der Waals surface area (Å²) in [6, 6.07) is 131. The third kappa shape index (κ3) is 8.68. The monoisotopic (exact) mass is 1370 g/mol. The number of benzene rings is 18. The van der Waals surface area contributed by atoms with E-state index in [1.807, 2.05) is 0 Å². The molecule has 3 aliphatic rings. The van der Waals surface area contributed by atoms with Crippen LogP contribution < -0.4 is 0 Å². The summed E-state index contributed by atoms with van der Waals surface area (Å²) in [7, 11) is 0. The molecule has 4 nitrogen and oxygen atoms in total. The van der Waals surface area contributed by atoms with Crippen LogP contribution in [0.4, 0.5) is 0 Å². The molecule has 0 atom stereocenters. The first-order valence-electron chi connectivity index (χ1n) is 38.1. The number of rotatable bonds is 7. The molecule has 0 fully saturated rings. The van der Waals surface area contributed by atoms with E-state index in [0.29, 0.717) is 6.42 Å². The fourth-order valence-electron chi connectivity index (χ4n) is 20.1. The zero-order valence-corrected chi connectivity index (χ0v) is 59.5. The van der Waals surface area contributed by atoms with Gasteiger partial charge >= 0.3 is 0 Å². The summed E-state index contributed by atoms with van der Waals surface area (Å²) in [5.41, 5.74) is 32.8. The van der Waals surface area contributed by atoms with Crippen molar-refractivity contribution < 1.29 is 0 Å². The van der Waals surface area contributed by atoms with Gasteiger partial charge in [-0.1, -0.05) is 292 Å². The molecule has 0 unspecified atom stereocenters. The average molecular weight is 1370 g/mol. The molecule has 0 aliphatic heterocycles. The van der Waals surface area contributed by atoms with E-state index in [0.717, 1.165) is 69.9 Å². The molecule has 0 amide bonds. The Labute approximate surface area is 625 Å². The molecule has 18 aromatic carbocycles. The summed E-state index contributed by atoms with van der Waals surface area (Å²) in [6.07, 6.45) is 2.97. The molecule has 0 saturated heterocycles. The molecule has 0 saturated carbocycles. The maximum absolute atomic E-state index is 5.62. The van der Waals surface area contributed by atoms with Gasteiger partial charge < -0.3 is 0 Å². The first kappa shape index (κ1) is 60.8. The fourth-order valence-corrected chi connectivity index (χ4v) is 20.1. The molecule has 1 spiro atoms. The van der Waals surface area contributed by atoms with Gasteiger partial charge in [0, 0.05) is 24.2 Å². The van der Waals surface area contributed by atoms with Crippen molar-refractivity contribution in [3.05, 3.63) is 408 Å². The Morgan fingerprint density at radius 2 is 0.741 bits per heavy atom. The lowest BCUT2D eigenvalue weighted by Crippen LogP contribution is -2.26. The molecule has 3 aliphatic carbocycles. The van der Waals surface area contributed by atoms with Crippen molar-refractivity contribution in [2.24, 2.45) is 0 Å². The van der Waals surface area contributed by atoms with Gasteiger partial charge in [0.25, 0.3) is 0 Å². The Hall–Kier alpha value is -13.5. The second kappa shape index (κ2) is 23.5. The van der Waals surface area contributed by atoms with Crippen molar-refractivity contribution in [1.29, 1.82) is 0 Å². The first-order chi connectivity index (χ1) is 53.5. The maximum atomic E-state index is 5.62. The van der Waals surface area contributed by atoms with E-state index in [1.165, 1.54) is 176 Å². The molecule has 0 bridgehead atoms. The smallest absolute Gasteiger partial charge is 0.118 e. The van der Waals surface area contributed by atoms with E-state index in [9.17, 15) is 0 Å². The Morgan fingerprint density at radius 3 is 1.36 bits per heavy atom. The second-order valence-corrected chi connectivity index (χ2v) is 29.9. The highest BCUT2D eigenvalue weighted by Gasteiger charge is 2.54. The lowest BCUT2D eigenvalue weighted by atomic mass is 9.68.